The van der Waals surface area contributed by atoms with Crippen molar-refractivity contribution in [3.63, 3.8) is 0 Å². The summed E-state index contributed by atoms with van der Waals surface area (Å²) >= 11 is 0. The van der Waals surface area contributed by atoms with Crippen LogP contribution in [0.4, 0.5) is 5.69 Å². The lowest BCUT2D eigenvalue weighted by Crippen LogP contribution is -2.33. The van der Waals surface area contributed by atoms with Gasteiger partial charge in [-0.3, -0.25) is 0 Å². The van der Waals surface area contributed by atoms with Crippen LogP contribution in [-0.2, 0) is 14.8 Å². The molecule has 1 heterocycles. The van der Waals surface area contributed by atoms with Gasteiger partial charge < -0.3 is 10.5 Å². The standard InChI is InChI=1S/C15H24N2O3S/c1-4-14-12(5-6-20-14)9-17-21(18,19)15-8-10(2)7-13(16)11(15)3/h7-8,12,14,17H,4-6,9,16H2,1-3H3. The number of sulfonamides is 1. The van der Waals surface area contributed by atoms with E-state index >= 15 is 0 Å². The molecule has 1 aromatic carbocycles. The Morgan fingerprint density at radius 3 is 2.76 bits per heavy atom. The number of anilines is 1. The minimum atomic E-state index is -3.54. The van der Waals surface area contributed by atoms with Crippen LogP contribution in [-0.4, -0.2) is 27.7 Å². The van der Waals surface area contributed by atoms with Gasteiger partial charge in [0.15, 0.2) is 0 Å². The van der Waals surface area contributed by atoms with Crippen molar-refractivity contribution >= 4 is 15.7 Å². The summed E-state index contributed by atoms with van der Waals surface area (Å²) in [6, 6.07) is 3.45. The van der Waals surface area contributed by atoms with E-state index in [1.807, 2.05) is 6.92 Å². The predicted octanol–water partition coefficient (Wildman–Crippen LogP) is 1.98. The van der Waals surface area contributed by atoms with Crippen LogP contribution in [0.25, 0.3) is 0 Å². The molecule has 1 aliphatic rings. The van der Waals surface area contributed by atoms with Gasteiger partial charge in [-0.05, 0) is 49.9 Å². The summed E-state index contributed by atoms with van der Waals surface area (Å²) in [6.45, 7) is 6.75. The molecule has 0 aliphatic carbocycles. The highest BCUT2D eigenvalue weighted by Crippen LogP contribution is 2.25. The first-order chi connectivity index (χ1) is 9.85. The van der Waals surface area contributed by atoms with E-state index < -0.39 is 10.0 Å². The summed E-state index contributed by atoms with van der Waals surface area (Å²) < 4.78 is 33.3. The summed E-state index contributed by atoms with van der Waals surface area (Å²) in [4.78, 5) is 0.270. The maximum Gasteiger partial charge on any atom is 0.240 e. The lowest BCUT2D eigenvalue weighted by molar-refractivity contribution is 0.0884. The molecule has 0 bridgehead atoms. The normalized spacial score (nSPS) is 22.6. The highest BCUT2D eigenvalue weighted by molar-refractivity contribution is 7.89. The highest BCUT2D eigenvalue weighted by atomic mass is 32.2. The van der Waals surface area contributed by atoms with Crippen molar-refractivity contribution in [1.82, 2.24) is 4.72 Å². The van der Waals surface area contributed by atoms with Crippen LogP contribution in [0.15, 0.2) is 17.0 Å². The van der Waals surface area contributed by atoms with Crippen LogP contribution < -0.4 is 10.5 Å². The molecule has 1 fully saturated rings. The molecule has 0 amide bonds. The Morgan fingerprint density at radius 1 is 1.38 bits per heavy atom. The number of hydrogen-bond donors (Lipinski definition) is 2. The number of ether oxygens (including phenoxy) is 1. The molecule has 1 saturated heterocycles. The molecule has 0 spiro atoms. The second-order valence-electron chi connectivity index (χ2n) is 5.70. The zero-order chi connectivity index (χ0) is 15.6. The van der Waals surface area contributed by atoms with Crippen molar-refractivity contribution < 1.29 is 13.2 Å². The molecule has 0 radical (unpaired) electrons. The first-order valence-electron chi connectivity index (χ1n) is 7.33. The van der Waals surface area contributed by atoms with Crippen LogP contribution in [0.5, 0.6) is 0 Å². The van der Waals surface area contributed by atoms with Crippen molar-refractivity contribution in [2.45, 2.75) is 44.6 Å². The van der Waals surface area contributed by atoms with Crippen LogP contribution in [0, 0.1) is 19.8 Å². The topological polar surface area (TPSA) is 81.4 Å². The molecule has 2 atom stereocenters. The molecule has 2 unspecified atom stereocenters. The van der Waals surface area contributed by atoms with Gasteiger partial charge in [-0.1, -0.05) is 6.92 Å². The Labute approximate surface area is 126 Å². The van der Waals surface area contributed by atoms with E-state index in [1.54, 1.807) is 19.1 Å². The molecule has 6 heteroatoms. The van der Waals surface area contributed by atoms with Gasteiger partial charge in [-0.2, -0.15) is 0 Å². The van der Waals surface area contributed by atoms with Gasteiger partial charge in [0.05, 0.1) is 11.0 Å². The first-order valence-corrected chi connectivity index (χ1v) is 8.81. The summed E-state index contributed by atoms with van der Waals surface area (Å²) in [5, 5.41) is 0. The number of benzene rings is 1. The molecule has 0 aromatic heterocycles. The Balaban J connectivity index is 2.16. The number of aryl methyl sites for hydroxylation is 1. The summed E-state index contributed by atoms with van der Waals surface area (Å²) in [5.74, 6) is 0.243. The van der Waals surface area contributed by atoms with Crippen molar-refractivity contribution in [2.75, 3.05) is 18.9 Å². The van der Waals surface area contributed by atoms with Gasteiger partial charge in [-0.25, -0.2) is 13.1 Å². The van der Waals surface area contributed by atoms with E-state index in [-0.39, 0.29) is 16.9 Å². The molecular weight excluding hydrogens is 288 g/mol. The quantitative estimate of drug-likeness (QED) is 0.815. The molecule has 21 heavy (non-hydrogen) atoms. The average Bonchev–Trinajstić information content (AvgIpc) is 2.88. The van der Waals surface area contributed by atoms with Gasteiger partial charge in [0, 0.05) is 24.8 Å². The number of nitrogen functional groups attached to an aromatic ring is 1. The second-order valence-corrected chi connectivity index (χ2v) is 7.43. The van der Waals surface area contributed by atoms with E-state index in [0.29, 0.717) is 24.4 Å². The number of nitrogens with two attached hydrogens (primary N) is 1. The Morgan fingerprint density at radius 2 is 2.10 bits per heavy atom. The van der Waals surface area contributed by atoms with E-state index in [4.69, 9.17) is 10.5 Å². The van der Waals surface area contributed by atoms with Crippen LogP contribution in [0.2, 0.25) is 0 Å². The average molecular weight is 312 g/mol. The molecule has 0 saturated carbocycles. The smallest absolute Gasteiger partial charge is 0.240 e. The fourth-order valence-corrected chi connectivity index (χ4v) is 4.25. The van der Waals surface area contributed by atoms with Crippen molar-refractivity contribution in [2.24, 2.45) is 5.92 Å². The fourth-order valence-electron chi connectivity index (χ4n) is 2.80. The van der Waals surface area contributed by atoms with Crippen molar-refractivity contribution in [3.05, 3.63) is 23.3 Å². The third-order valence-electron chi connectivity index (χ3n) is 4.12. The zero-order valence-corrected chi connectivity index (χ0v) is 13.7. The Hall–Kier alpha value is -1.11. The summed E-state index contributed by atoms with van der Waals surface area (Å²) in [5.41, 5.74) is 7.81. The fraction of sp³-hybridized carbons (Fsp3) is 0.600. The molecular formula is C15H24N2O3S. The predicted molar refractivity (Wildman–Crippen MR) is 83.7 cm³/mol. The van der Waals surface area contributed by atoms with E-state index in [1.165, 1.54) is 0 Å². The van der Waals surface area contributed by atoms with Crippen molar-refractivity contribution in [1.29, 1.82) is 0 Å². The molecule has 2 rings (SSSR count). The molecule has 5 nitrogen and oxygen atoms in total. The van der Waals surface area contributed by atoms with Gasteiger partial charge in [-0.15, -0.1) is 0 Å². The molecule has 118 valence electrons. The number of rotatable bonds is 5. The first kappa shape index (κ1) is 16.3. The van der Waals surface area contributed by atoms with Gasteiger partial charge in [0.1, 0.15) is 0 Å². The third-order valence-corrected chi connectivity index (χ3v) is 5.67. The van der Waals surface area contributed by atoms with Gasteiger partial charge in [0.25, 0.3) is 0 Å². The minimum absolute atomic E-state index is 0.149. The molecule has 3 N–H and O–H groups in total. The minimum Gasteiger partial charge on any atom is -0.398 e. The zero-order valence-electron chi connectivity index (χ0n) is 12.8. The van der Waals surface area contributed by atoms with Crippen LogP contribution in [0.1, 0.15) is 30.9 Å². The molecule has 1 aromatic rings. The maximum absolute atomic E-state index is 12.5. The monoisotopic (exact) mass is 312 g/mol. The lowest BCUT2D eigenvalue weighted by Gasteiger charge is -2.18. The summed E-state index contributed by atoms with van der Waals surface area (Å²) in [7, 11) is -3.54. The van der Waals surface area contributed by atoms with Gasteiger partial charge >= 0.3 is 0 Å². The third kappa shape index (κ3) is 3.56. The van der Waals surface area contributed by atoms with Crippen LogP contribution >= 0.6 is 0 Å². The van der Waals surface area contributed by atoms with E-state index in [2.05, 4.69) is 11.6 Å². The van der Waals surface area contributed by atoms with Gasteiger partial charge in [0.2, 0.25) is 10.0 Å². The second kappa shape index (κ2) is 6.34. The maximum atomic E-state index is 12.5. The lowest BCUT2D eigenvalue weighted by atomic mass is 10.0. The van der Waals surface area contributed by atoms with E-state index in [9.17, 15) is 8.42 Å². The Kier molecular flexibility index (Phi) is 4.91. The number of nitrogens with one attached hydrogen (secondary N) is 1. The van der Waals surface area contributed by atoms with Crippen LogP contribution in [0.3, 0.4) is 0 Å². The SMILES string of the molecule is CCC1OCCC1CNS(=O)(=O)c1cc(C)cc(N)c1C. The molecule has 1 aliphatic heterocycles. The van der Waals surface area contributed by atoms with E-state index in [0.717, 1.165) is 18.4 Å². The summed E-state index contributed by atoms with van der Waals surface area (Å²) in [6.07, 6.45) is 1.95. The van der Waals surface area contributed by atoms with Crippen molar-refractivity contribution in [3.8, 4) is 0 Å². The number of hydrogen-bond acceptors (Lipinski definition) is 4. The Bertz CT molecular complexity index is 614. The highest BCUT2D eigenvalue weighted by Gasteiger charge is 2.28. The largest absolute Gasteiger partial charge is 0.398 e.